The quantitative estimate of drug-likeness (QED) is 0.803. The van der Waals surface area contributed by atoms with E-state index in [0.717, 1.165) is 48.9 Å². The molecule has 1 fully saturated rings. The summed E-state index contributed by atoms with van der Waals surface area (Å²) in [4.78, 5) is 12.7. The lowest BCUT2D eigenvalue weighted by molar-refractivity contribution is -0.127. The van der Waals surface area contributed by atoms with Crippen LogP contribution in [0.15, 0.2) is 24.4 Å². The number of anilines is 1. The molecule has 3 rings (SSSR count). The van der Waals surface area contributed by atoms with E-state index >= 15 is 0 Å². The zero-order valence-electron chi connectivity index (χ0n) is 11.7. The summed E-state index contributed by atoms with van der Waals surface area (Å²) in [7, 11) is 0. The average molecular weight is 272 g/mol. The van der Waals surface area contributed by atoms with Crippen molar-refractivity contribution in [3.63, 3.8) is 0 Å². The summed E-state index contributed by atoms with van der Waals surface area (Å²) in [6, 6.07) is 5.81. The van der Waals surface area contributed by atoms with Gasteiger partial charge in [0.2, 0.25) is 5.91 Å². The van der Waals surface area contributed by atoms with E-state index in [1.54, 1.807) is 6.20 Å². The standard InChI is InChI=1S/C15H20N4O/c1-2-15(6-8-16-9-7-15)14(20)18-12-4-3-5-13-11(12)10-17-19-13/h3-5,10,16H,2,6-9H2,1H3,(H,17,19)(H,18,20). The zero-order chi connectivity index (χ0) is 14.0. The molecule has 0 radical (unpaired) electrons. The third-order valence-electron chi connectivity index (χ3n) is 4.45. The zero-order valence-corrected chi connectivity index (χ0v) is 11.7. The molecule has 0 aliphatic carbocycles. The second-order valence-electron chi connectivity index (χ2n) is 5.47. The van der Waals surface area contributed by atoms with Gasteiger partial charge in [-0.2, -0.15) is 5.10 Å². The van der Waals surface area contributed by atoms with Gasteiger partial charge in [-0.1, -0.05) is 13.0 Å². The number of carbonyl (C=O) groups excluding carboxylic acids is 1. The van der Waals surface area contributed by atoms with Crippen LogP contribution in [0.25, 0.3) is 10.9 Å². The molecule has 0 atom stereocenters. The molecule has 1 aliphatic heterocycles. The molecule has 1 saturated heterocycles. The molecule has 0 spiro atoms. The summed E-state index contributed by atoms with van der Waals surface area (Å²) < 4.78 is 0. The molecule has 106 valence electrons. The van der Waals surface area contributed by atoms with Gasteiger partial charge in [0.25, 0.3) is 0 Å². The van der Waals surface area contributed by atoms with Crippen LogP contribution in [0.5, 0.6) is 0 Å². The van der Waals surface area contributed by atoms with Crippen molar-refractivity contribution < 1.29 is 4.79 Å². The molecular weight excluding hydrogens is 252 g/mol. The van der Waals surface area contributed by atoms with Gasteiger partial charge in [-0.3, -0.25) is 9.89 Å². The minimum absolute atomic E-state index is 0.134. The second-order valence-corrected chi connectivity index (χ2v) is 5.47. The first-order chi connectivity index (χ1) is 9.75. The Morgan fingerprint density at radius 1 is 1.40 bits per heavy atom. The summed E-state index contributed by atoms with van der Waals surface area (Å²) in [5.41, 5.74) is 1.54. The number of piperidine rings is 1. The van der Waals surface area contributed by atoms with E-state index in [1.165, 1.54) is 0 Å². The molecule has 1 aliphatic rings. The highest BCUT2D eigenvalue weighted by Crippen LogP contribution is 2.34. The highest BCUT2D eigenvalue weighted by molar-refractivity contribution is 6.03. The summed E-state index contributed by atoms with van der Waals surface area (Å²) >= 11 is 0. The van der Waals surface area contributed by atoms with Gasteiger partial charge in [0.1, 0.15) is 0 Å². The van der Waals surface area contributed by atoms with Gasteiger partial charge in [0.05, 0.1) is 22.8 Å². The highest BCUT2D eigenvalue weighted by atomic mass is 16.2. The fourth-order valence-corrected chi connectivity index (χ4v) is 2.98. The van der Waals surface area contributed by atoms with E-state index in [-0.39, 0.29) is 11.3 Å². The van der Waals surface area contributed by atoms with Gasteiger partial charge >= 0.3 is 0 Å². The lowest BCUT2D eigenvalue weighted by atomic mass is 9.76. The van der Waals surface area contributed by atoms with E-state index in [2.05, 4.69) is 27.8 Å². The first kappa shape index (κ1) is 13.1. The first-order valence-corrected chi connectivity index (χ1v) is 7.19. The van der Waals surface area contributed by atoms with Crippen molar-refractivity contribution in [1.29, 1.82) is 0 Å². The third kappa shape index (κ3) is 2.18. The van der Waals surface area contributed by atoms with Crippen molar-refractivity contribution in [2.75, 3.05) is 18.4 Å². The monoisotopic (exact) mass is 272 g/mol. The molecule has 1 aromatic heterocycles. The molecule has 0 bridgehead atoms. The van der Waals surface area contributed by atoms with Crippen LogP contribution in [-0.2, 0) is 4.79 Å². The van der Waals surface area contributed by atoms with Crippen molar-refractivity contribution in [2.45, 2.75) is 26.2 Å². The van der Waals surface area contributed by atoms with E-state index in [0.29, 0.717) is 0 Å². The van der Waals surface area contributed by atoms with Gasteiger partial charge in [0.15, 0.2) is 0 Å². The van der Waals surface area contributed by atoms with Gasteiger partial charge < -0.3 is 10.6 Å². The van der Waals surface area contributed by atoms with Crippen molar-refractivity contribution in [3.8, 4) is 0 Å². The Morgan fingerprint density at radius 2 is 2.20 bits per heavy atom. The highest BCUT2D eigenvalue weighted by Gasteiger charge is 2.37. The predicted molar refractivity (Wildman–Crippen MR) is 79.6 cm³/mol. The molecule has 0 saturated carbocycles. The number of nitrogens with one attached hydrogen (secondary N) is 3. The average Bonchev–Trinajstić information content (AvgIpc) is 2.97. The smallest absolute Gasteiger partial charge is 0.230 e. The van der Waals surface area contributed by atoms with Gasteiger partial charge in [-0.25, -0.2) is 0 Å². The molecule has 0 unspecified atom stereocenters. The first-order valence-electron chi connectivity index (χ1n) is 7.19. The molecule has 2 aromatic rings. The molecule has 3 N–H and O–H groups in total. The van der Waals surface area contributed by atoms with Crippen molar-refractivity contribution in [3.05, 3.63) is 24.4 Å². The minimum Gasteiger partial charge on any atom is -0.325 e. The summed E-state index contributed by atoms with van der Waals surface area (Å²) in [5, 5.41) is 14.3. The van der Waals surface area contributed by atoms with Crippen LogP contribution >= 0.6 is 0 Å². The Balaban J connectivity index is 1.86. The Hall–Kier alpha value is -1.88. The number of amides is 1. The van der Waals surface area contributed by atoms with Crippen LogP contribution in [-0.4, -0.2) is 29.2 Å². The number of aromatic nitrogens is 2. The van der Waals surface area contributed by atoms with Crippen LogP contribution in [0.4, 0.5) is 5.69 Å². The fraction of sp³-hybridized carbons (Fsp3) is 0.467. The fourth-order valence-electron chi connectivity index (χ4n) is 2.98. The molecule has 5 heteroatoms. The molecule has 2 heterocycles. The number of benzene rings is 1. The van der Waals surface area contributed by atoms with Crippen LogP contribution in [0.1, 0.15) is 26.2 Å². The number of hydrogen-bond donors (Lipinski definition) is 3. The summed E-state index contributed by atoms with van der Waals surface area (Å²) in [5.74, 6) is 0.134. The summed E-state index contributed by atoms with van der Waals surface area (Å²) in [6.45, 7) is 3.93. The Morgan fingerprint density at radius 3 is 2.95 bits per heavy atom. The van der Waals surface area contributed by atoms with Gasteiger partial charge in [-0.05, 0) is 44.5 Å². The van der Waals surface area contributed by atoms with E-state index in [1.807, 2.05) is 18.2 Å². The number of fused-ring (bicyclic) bond motifs is 1. The van der Waals surface area contributed by atoms with Crippen LogP contribution in [0.2, 0.25) is 0 Å². The van der Waals surface area contributed by atoms with Crippen molar-refractivity contribution in [2.24, 2.45) is 5.41 Å². The topological polar surface area (TPSA) is 69.8 Å². The number of aromatic amines is 1. The maximum Gasteiger partial charge on any atom is 0.230 e. The van der Waals surface area contributed by atoms with Crippen LogP contribution < -0.4 is 10.6 Å². The van der Waals surface area contributed by atoms with E-state index in [4.69, 9.17) is 0 Å². The number of carbonyl (C=O) groups is 1. The van der Waals surface area contributed by atoms with Crippen LogP contribution in [0.3, 0.4) is 0 Å². The van der Waals surface area contributed by atoms with Gasteiger partial charge in [-0.15, -0.1) is 0 Å². The van der Waals surface area contributed by atoms with E-state index < -0.39 is 0 Å². The third-order valence-corrected chi connectivity index (χ3v) is 4.45. The Kier molecular flexibility index (Phi) is 3.44. The second kappa shape index (κ2) is 5.25. The maximum absolute atomic E-state index is 12.7. The largest absolute Gasteiger partial charge is 0.325 e. The lowest BCUT2D eigenvalue weighted by Gasteiger charge is -2.35. The van der Waals surface area contributed by atoms with Crippen molar-refractivity contribution in [1.82, 2.24) is 15.5 Å². The Bertz CT molecular complexity index is 613. The molecule has 1 aromatic carbocycles. The minimum atomic E-state index is -0.239. The van der Waals surface area contributed by atoms with Crippen molar-refractivity contribution >= 4 is 22.5 Å². The molecule has 5 nitrogen and oxygen atoms in total. The number of nitrogens with zero attached hydrogens (tertiary/aromatic N) is 1. The molecule has 20 heavy (non-hydrogen) atoms. The van der Waals surface area contributed by atoms with E-state index in [9.17, 15) is 4.79 Å². The maximum atomic E-state index is 12.7. The molecule has 1 amide bonds. The molecular formula is C15H20N4O. The van der Waals surface area contributed by atoms with Gasteiger partial charge in [0, 0.05) is 5.39 Å². The SMILES string of the molecule is CCC1(C(=O)Nc2cccc3[nH]ncc23)CCNCC1. The Labute approximate surface area is 118 Å². The number of rotatable bonds is 3. The van der Waals surface area contributed by atoms with Crippen LogP contribution in [0, 0.1) is 5.41 Å². The number of H-pyrrole nitrogens is 1. The number of hydrogen-bond acceptors (Lipinski definition) is 3. The lowest BCUT2D eigenvalue weighted by Crippen LogP contribution is -2.44. The summed E-state index contributed by atoms with van der Waals surface area (Å²) in [6.07, 6.45) is 4.43. The normalized spacial score (nSPS) is 18.1. The predicted octanol–water partition coefficient (Wildman–Crippen LogP) is 2.28.